The molecule has 5 nitrogen and oxygen atoms in total. The maximum atomic E-state index is 12.3. The standard InChI is InChI=1S/C18H26N2O3/c21-18(20-10-4-1-5-11-20)13-19-16-8-2-3-9-17(16)23-14-15-7-6-12-22-15/h2-3,8-9,15,19H,1,4-7,10-14H2. The lowest BCUT2D eigenvalue weighted by atomic mass is 10.1. The Bertz CT molecular complexity index is 509. The minimum Gasteiger partial charge on any atom is -0.489 e. The van der Waals surface area contributed by atoms with Crippen LogP contribution in [0.15, 0.2) is 24.3 Å². The van der Waals surface area contributed by atoms with E-state index in [0.29, 0.717) is 13.2 Å². The van der Waals surface area contributed by atoms with E-state index in [1.54, 1.807) is 0 Å². The minimum atomic E-state index is 0.165. The van der Waals surface area contributed by atoms with E-state index >= 15 is 0 Å². The molecule has 1 unspecified atom stereocenters. The van der Waals surface area contributed by atoms with Gasteiger partial charge in [0.1, 0.15) is 12.4 Å². The van der Waals surface area contributed by atoms with Crippen molar-refractivity contribution in [2.75, 3.05) is 38.2 Å². The predicted molar refractivity (Wildman–Crippen MR) is 89.8 cm³/mol. The first kappa shape index (κ1) is 16.1. The second-order valence-electron chi connectivity index (χ2n) is 6.24. The highest BCUT2D eigenvalue weighted by Gasteiger charge is 2.18. The minimum absolute atomic E-state index is 0.165. The van der Waals surface area contributed by atoms with Crippen LogP contribution in [0.3, 0.4) is 0 Å². The van der Waals surface area contributed by atoms with E-state index in [9.17, 15) is 4.79 Å². The largest absolute Gasteiger partial charge is 0.489 e. The Labute approximate surface area is 137 Å². The molecule has 1 N–H and O–H groups in total. The molecule has 2 aliphatic heterocycles. The highest BCUT2D eigenvalue weighted by atomic mass is 16.5. The van der Waals surface area contributed by atoms with Gasteiger partial charge >= 0.3 is 0 Å². The normalized spacial score (nSPS) is 21.2. The first-order valence-corrected chi connectivity index (χ1v) is 8.68. The number of ether oxygens (including phenoxy) is 2. The number of piperidine rings is 1. The lowest BCUT2D eigenvalue weighted by Gasteiger charge is -2.27. The van der Waals surface area contributed by atoms with Gasteiger partial charge in [0.25, 0.3) is 0 Å². The van der Waals surface area contributed by atoms with Crippen molar-refractivity contribution in [3.8, 4) is 5.75 Å². The highest BCUT2D eigenvalue weighted by molar-refractivity contribution is 5.81. The Balaban J connectivity index is 1.51. The summed E-state index contributed by atoms with van der Waals surface area (Å²) in [5.41, 5.74) is 0.871. The zero-order valence-electron chi connectivity index (χ0n) is 13.6. The predicted octanol–water partition coefficient (Wildman–Crippen LogP) is 2.67. The first-order chi connectivity index (χ1) is 11.3. The number of nitrogens with zero attached hydrogens (tertiary/aromatic N) is 1. The van der Waals surface area contributed by atoms with E-state index in [0.717, 1.165) is 56.8 Å². The number of benzene rings is 1. The molecular formula is C18H26N2O3. The van der Waals surface area contributed by atoms with E-state index in [1.165, 1.54) is 6.42 Å². The molecule has 23 heavy (non-hydrogen) atoms. The number of rotatable bonds is 6. The monoisotopic (exact) mass is 318 g/mol. The number of hydrogen-bond acceptors (Lipinski definition) is 4. The molecule has 5 heteroatoms. The molecule has 1 aromatic rings. The zero-order chi connectivity index (χ0) is 15.9. The molecule has 0 bridgehead atoms. The van der Waals surface area contributed by atoms with Gasteiger partial charge in [-0.15, -0.1) is 0 Å². The van der Waals surface area contributed by atoms with E-state index in [4.69, 9.17) is 9.47 Å². The number of carbonyl (C=O) groups excluding carboxylic acids is 1. The molecule has 0 radical (unpaired) electrons. The summed E-state index contributed by atoms with van der Waals surface area (Å²) in [6, 6.07) is 7.78. The van der Waals surface area contributed by atoms with E-state index in [-0.39, 0.29) is 12.0 Å². The summed E-state index contributed by atoms with van der Waals surface area (Å²) in [6.07, 6.45) is 5.83. The van der Waals surface area contributed by atoms with Crippen molar-refractivity contribution in [2.45, 2.75) is 38.2 Å². The van der Waals surface area contributed by atoms with Crippen molar-refractivity contribution < 1.29 is 14.3 Å². The Morgan fingerprint density at radius 3 is 2.83 bits per heavy atom. The molecule has 1 aromatic carbocycles. The van der Waals surface area contributed by atoms with Crippen molar-refractivity contribution in [3.63, 3.8) is 0 Å². The van der Waals surface area contributed by atoms with Crippen molar-refractivity contribution in [2.24, 2.45) is 0 Å². The third-order valence-electron chi connectivity index (χ3n) is 4.47. The summed E-state index contributed by atoms with van der Waals surface area (Å²) >= 11 is 0. The Hall–Kier alpha value is -1.75. The highest BCUT2D eigenvalue weighted by Crippen LogP contribution is 2.25. The summed E-state index contributed by atoms with van der Waals surface area (Å²) in [5, 5.41) is 3.23. The van der Waals surface area contributed by atoms with Gasteiger partial charge in [0.15, 0.2) is 0 Å². The summed E-state index contributed by atoms with van der Waals surface area (Å²) in [7, 11) is 0. The molecule has 2 saturated heterocycles. The molecule has 126 valence electrons. The molecule has 0 saturated carbocycles. The number of likely N-dealkylation sites (tertiary alicyclic amines) is 1. The van der Waals surface area contributed by atoms with Gasteiger partial charge in [-0.3, -0.25) is 4.79 Å². The van der Waals surface area contributed by atoms with Crippen LogP contribution >= 0.6 is 0 Å². The first-order valence-electron chi connectivity index (χ1n) is 8.68. The number of para-hydroxylation sites is 2. The van der Waals surface area contributed by atoms with Crippen LogP contribution in [0.4, 0.5) is 5.69 Å². The van der Waals surface area contributed by atoms with Crippen LogP contribution in [0.25, 0.3) is 0 Å². The summed E-state index contributed by atoms with van der Waals surface area (Å²) in [6.45, 7) is 3.49. The second-order valence-corrected chi connectivity index (χ2v) is 6.24. The lowest BCUT2D eigenvalue weighted by Crippen LogP contribution is -2.39. The quantitative estimate of drug-likeness (QED) is 0.876. The van der Waals surface area contributed by atoms with Crippen molar-refractivity contribution in [3.05, 3.63) is 24.3 Å². The summed E-state index contributed by atoms with van der Waals surface area (Å²) in [4.78, 5) is 14.2. The van der Waals surface area contributed by atoms with E-state index in [1.807, 2.05) is 29.2 Å². The SMILES string of the molecule is O=C(CNc1ccccc1OCC1CCCO1)N1CCCCC1. The number of nitrogens with one attached hydrogen (secondary N) is 1. The third-order valence-corrected chi connectivity index (χ3v) is 4.47. The fourth-order valence-corrected chi connectivity index (χ4v) is 3.12. The van der Waals surface area contributed by atoms with Crippen LogP contribution in [0.2, 0.25) is 0 Å². The zero-order valence-corrected chi connectivity index (χ0v) is 13.6. The molecule has 0 spiro atoms. The molecule has 3 rings (SSSR count). The molecule has 0 aliphatic carbocycles. The number of hydrogen-bond donors (Lipinski definition) is 1. The number of amides is 1. The van der Waals surface area contributed by atoms with Crippen molar-refractivity contribution >= 4 is 11.6 Å². The summed E-state index contributed by atoms with van der Waals surface area (Å²) < 4.78 is 11.5. The van der Waals surface area contributed by atoms with Crippen LogP contribution in [0.5, 0.6) is 5.75 Å². The van der Waals surface area contributed by atoms with Crippen LogP contribution < -0.4 is 10.1 Å². The van der Waals surface area contributed by atoms with Crippen LogP contribution in [-0.4, -0.2) is 49.8 Å². The number of carbonyl (C=O) groups is 1. The molecule has 0 aromatic heterocycles. The molecule has 2 heterocycles. The van der Waals surface area contributed by atoms with Gasteiger partial charge < -0.3 is 19.7 Å². The van der Waals surface area contributed by atoms with Crippen LogP contribution in [-0.2, 0) is 9.53 Å². The Morgan fingerprint density at radius 2 is 2.04 bits per heavy atom. The van der Waals surface area contributed by atoms with Crippen LogP contribution in [0, 0.1) is 0 Å². The van der Waals surface area contributed by atoms with Gasteiger partial charge in [-0.2, -0.15) is 0 Å². The molecule has 2 aliphatic rings. The van der Waals surface area contributed by atoms with Gasteiger partial charge in [0, 0.05) is 19.7 Å². The van der Waals surface area contributed by atoms with Gasteiger partial charge in [0.2, 0.25) is 5.91 Å². The fraction of sp³-hybridized carbons (Fsp3) is 0.611. The second kappa shape index (κ2) is 8.20. The fourth-order valence-electron chi connectivity index (χ4n) is 3.12. The van der Waals surface area contributed by atoms with Crippen molar-refractivity contribution in [1.29, 1.82) is 0 Å². The third kappa shape index (κ3) is 4.61. The number of anilines is 1. The van der Waals surface area contributed by atoms with Gasteiger partial charge in [-0.1, -0.05) is 12.1 Å². The van der Waals surface area contributed by atoms with E-state index < -0.39 is 0 Å². The molecule has 1 amide bonds. The average Bonchev–Trinajstić information content (AvgIpc) is 3.13. The summed E-state index contributed by atoms with van der Waals surface area (Å²) in [5.74, 6) is 0.952. The van der Waals surface area contributed by atoms with Crippen LogP contribution in [0.1, 0.15) is 32.1 Å². The Kier molecular flexibility index (Phi) is 5.75. The van der Waals surface area contributed by atoms with E-state index in [2.05, 4.69) is 5.32 Å². The molecular weight excluding hydrogens is 292 g/mol. The maximum Gasteiger partial charge on any atom is 0.241 e. The van der Waals surface area contributed by atoms with Gasteiger partial charge in [-0.25, -0.2) is 0 Å². The molecule has 1 atom stereocenters. The van der Waals surface area contributed by atoms with Crippen molar-refractivity contribution in [1.82, 2.24) is 4.90 Å². The molecule has 2 fully saturated rings. The average molecular weight is 318 g/mol. The van der Waals surface area contributed by atoms with Gasteiger partial charge in [0.05, 0.1) is 18.3 Å². The lowest BCUT2D eigenvalue weighted by molar-refractivity contribution is -0.130. The topological polar surface area (TPSA) is 50.8 Å². The Morgan fingerprint density at radius 1 is 1.22 bits per heavy atom. The van der Waals surface area contributed by atoms with Gasteiger partial charge in [-0.05, 0) is 44.2 Å². The smallest absolute Gasteiger partial charge is 0.241 e. The maximum absolute atomic E-state index is 12.3.